The molecule has 1 atom stereocenters. The van der Waals surface area contributed by atoms with E-state index in [2.05, 4.69) is 10.3 Å². The van der Waals surface area contributed by atoms with Gasteiger partial charge in [-0.2, -0.15) is 0 Å². The lowest BCUT2D eigenvalue weighted by atomic mass is 10.3. The molecule has 0 fully saturated rings. The number of rotatable bonds is 5. The van der Waals surface area contributed by atoms with Gasteiger partial charge in [0.25, 0.3) is 0 Å². The Hall–Kier alpha value is -2.08. The molecule has 2 rings (SSSR count). The molecule has 6 heteroatoms. The number of nitrogens with two attached hydrogens (primary N) is 1. The van der Waals surface area contributed by atoms with Crippen LogP contribution in [-0.4, -0.2) is 33.2 Å². The number of hydrogen-bond donors (Lipinski definition) is 3. The first-order chi connectivity index (χ1) is 8.58. The van der Waals surface area contributed by atoms with Crippen molar-refractivity contribution in [1.82, 2.24) is 9.55 Å². The maximum atomic E-state index is 11.1. The van der Waals surface area contributed by atoms with Crippen LogP contribution in [0.15, 0.2) is 24.3 Å². The number of nitrogens with one attached hydrogen (secondary N) is 1. The van der Waals surface area contributed by atoms with Gasteiger partial charge in [-0.15, -0.1) is 0 Å². The van der Waals surface area contributed by atoms with E-state index in [4.69, 9.17) is 5.73 Å². The molecule has 1 aromatic heterocycles. The molecule has 0 saturated heterocycles. The molecule has 96 valence electrons. The van der Waals surface area contributed by atoms with E-state index in [1.54, 1.807) is 11.5 Å². The summed E-state index contributed by atoms with van der Waals surface area (Å²) in [5, 5.41) is 12.3. The van der Waals surface area contributed by atoms with Gasteiger partial charge in [0.1, 0.15) is 6.54 Å². The van der Waals surface area contributed by atoms with Crippen molar-refractivity contribution in [3.05, 3.63) is 24.3 Å². The van der Waals surface area contributed by atoms with Crippen molar-refractivity contribution >= 4 is 22.9 Å². The summed E-state index contributed by atoms with van der Waals surface area (Å²) in [4.78, 5) is 15.5. The summed E-state index contributed by atoms with van der Waals surface area (Å²) in [6.45, 7) is 2.10. The van der Waals surface area contributed by atoms with Gasteiger partial charge in [-0.25, -0.2) is 4.98 Å². The second kappa shape index (κ2) is 5.05. The predicted octanol–water partition coefficient (Wildman–Crippen LogP) is 0.314. The quantitative estimate of drug-likeness (QED) is 0.710. The van der Waals surface area contributed by atoms with Crippen molar-refractivity contribution in [3.8, 4) is 0 Å². The third-order valence-electron chi connectivity index (χ3n) is 2.52. The SMILES string of the molecule is CC(O)CNc1nc2ccccc2n1CC(N)=O. The number of primary amides is 1. The lowest BCUT2D eigenvalue weighted by molar-refractivity contribution is -0.118. The summed E-state index contributed by atoms with van der Waals surface area (Å²) in [5.74, 6) is 0.106. The van der Waals surface area contributed by atoms with Gasteiger partial charge in [-0.3, -0.25) is 4.79 Å². The first kappa shape index (κ1) is 12.4. The van der Waals surface area contributed by atoms with Crippen molar-refractivity contribution in [2.45, 2.75) is 19.6 Å². The average Bonchev–Trinajstić information content (AvgIpc) is 2.64. The van der Waals surface area contributed by atoms with Gasteiger partial charge in [0.15, 0.2) is 0 Å². The van der Waals surface area contributed by atoms with Gasteiger partial charge in [0.05, 0.1) is 17.1 Å². The zero-order valence-electron chi connectivity index (χ0n) is 10.1. The molecule has 0 bridgehead atoms. The maximum Gasteiger partial charge on any atom is 0.237 e. The van der Waals surface area contributed by atoms with Crippen molar-refractivity contribution in [2.75, 3.05) is 11.9 Å². The number of para-hydroxylation sites is 2. The molecule has 18 heavy (non-hydrogen) atoms. The minimum atomic E-state index is -0.494. The Kier molecular flexibility index (Phi) is 3.47. The Bertz CT molecular complexity index is 562. The molecule has 4 N–H and O–H groups in total. The third-order valence-corrected chi connectivity index (χ3v) is 2.52. The van der Waals surface area contributed by atoms with Crippen LogP contribution in [0.4, 0.5) is 5.95 Å². The average molecular weight is 248 g/mol. The Morgan fingerprint density at radius 2 is 2.28 bits per heavy atom. The van der Waals surface area contributed by atoms with E-state index in [1.807, 2.05) is 24.3 Å². The molecule has 0 aliphatic carbocycles. The molecule has 1 heterocycles. The molecule has 0 radical (unpaired) electrons. The highest BCUT2D eigenvalue weighted by molar-refractivity contribution is 5.82. The normalized spacial score (nSPS) is 12.6. The largest absolute Gasteiger partial charge is 0.392 e. The summed E-state index contributed by atoms with van der Waals surface area (Å²) < 4.78 is 1.71. The second-order valence-electron chi connectivity index (χ2n) is 4.21. The van der Waals surface area contributed by atoms with Crippen LogP contribution >= 0.6 is 0 Å². The minimum Gasteiger partial charge on any atom is -0.392 e. The minimum absolute atomic E-state index is 0.0582. The number of aromatic nitrogens is 2. The Balaban J connectivity index is 2.39. The van der Waals surface area contributed by atoms with Crippen LogP contribution in [0.1, 0.15) is 6.92 Å². The van der Waals surface area contributed by atoms with E-state index < -0.39 is 12.0 Å². The van der Waals surface area contributed by atoms with Crippen LogP contribution in [0.5, 0.6) is 0 Å². The highest BCUT2D eigenvalue weighted by atomic mass is 16.3. The summed E-state index contributed by atoms with van der Waals surface area (Å²) in [6, 6.07) is 7.49. The van der Waals surface area contributed by atoms with Crippen LogP contribution in [0, 0.1) is 0 Å². The molecular formula is C12H16N4O2. The van der Waals surface area contributed by atoms with Crippen LogP contribution in [0.25, 0.3) is 11.0 Å². The smallest absolute Gasteiger partial charge is 0.237 e. The van der Waals surface area contributed by atoms with Crippen molar-refractivity contribution < 1.29 is 9.90 Å². The van der Waals surface area contributed by atoms with Crippen LogP contribution in [-0.2, 0) is 11.3 Å². The van der Waals surface area contributed by atoms with Crippen LogP contribution in [0.3, 0.4) is 0 Å². The number of hydrogen-bond acceptors (Lipinski definition) is 4. The lowest BCUT2D eigenvalue weighted by Crippen LogP contribution is -2.22. The molecule has 0 aliphatic heterocycles. The predicted molar refractivity (Wildman–Crippen MR) is 69.1 cm³/mol. The Labute approximate surface area is 104 Å². The summed E-state index contributed by atoms with van der Waals surface area (Å²) in [7, 11) is 0. The van der Waals surface area contributed by atoms with Gasteiger partial charge in [-0.05, 0) is 19.1 Å². The van der Waals surface area contributed by atoms with Crippen LogP contribution in [0.2, 0.25) is 0 Å². The van der Waals surface area contributed by atoms with Gasteiger partial charge < -0.3 is 20.7 Å². The summed E-state index contributed by atoms with van der Waals surface area (Å²) in [5.41, 5.74) is 6.86. The Morgan fingerprint density at radius 3 is 2.94 bits per heavy atom. The van der Waals surface area contributed by atoms with Gasteiger partial charge >= 0.3 is 0 Å². The number of amides is 1. The van der Waals surface area contributed by atoms with E-state index >= 15 is 0 Å². The second-order valence-corrected chi connectivity index (χ2v) is 4.21. The topological polar surface area (TPSA) is 93.2 Å². The molecule has 6 nitrogen and oxygen atoms in total. The van der Waals surface area contributed by atoms with Gasteiger partial charge in [0.2, 0.25) is 11.9 Å². The lowest BCUT2D eigenvalue weighted by Gasteiger charge is -2.10. The number of benzene rings is 1. The standard InChI is InChI=1S/C12H16N4O2/c1-8(17)6-14-12-15-9-4-2-3-5-10(9)16(12)7-11(13)18/h2-5,8,17H,6-7H2,1H3,(H2,13,18)(H,14,15). The van der Waals surface area contributed by atoms with Gasteiger partial charge in [-0.1, -0.05) is 12.1 Å². The first-order valence-corrected chi connectivity index (χ1v) is 5.73. The third kappa shape index (κ3) is 2.60. The number of imidazole rings is 1. The molecule has 2 aromatic rings. The number of fused-ring (bicyclic) bond motifs is 1. The Morgan fingerprint density at radius 1 is 1.56 bits per heavy atom. The molecule has 1 aromatic carbocycles. The number of anilines is 1. The van der Waals surface area contributed by atoms with Gasteiger partial charge in [0, 0.05) is 6.54 Å². The summed E-state index contributed by atoms with van der Waals surface area (Å²) in [6.07, 6.45) is -0.494. The molecular weight excluding hydrogens is 232 g/mol. The fraction of sp³-hybridized carbons (Fsp3) is 0.333. The van der Waals surface area contributed by atoms with Crippen molar-refractivity contribution in [1.29, 1.82) is 0 Å². The number of carbonyl (C=O) groups is 1. The molecule has 0 spiro atoms. The molecule has 0 saturated carbocycles. The summed E-state index contributed by atoms with van der Waals surface area (Å²) >= 11 is 0. The maximum absolute atomic E-state index is 11.1. The van der Waals surface area contributed by atoms with E-state index in [-0.39, 0.29) is 6.54 Å². The number of carbonyl (C=O) groups excluding carboxylic acids is 1. The number of aliphatic hydroxyl groups excluding tert-OH is 1. The van der Waals surface area contributed by atoms with Crippen molar-refractivity contribution in [3.63, 3.8) is 0 Å². The monoisotopic (exact) mass is 248 g/mol. The molecule has 0 aliphatic rings. The number of aliphatic hydroxyl groups is 1. The van der Waals surface area contributed by atoms with E-state index in [0.717, 1.165) is 11.0 Å². The van der Waals surface area contributed by atoms with Crippen molar-refractivity contribution in [2.24, 2.45) is 5.73 Å². The van der Waals surface area contributed by atoms with E-state index in [0.29, 0.717) is 12.5 Å². The van der Waals surface area contributed by atoms with E-state index in [9.17, 15) is 9.90 Å². The fourth-order valence-electron chi connectivity index (χ4n) is 1.77. The zero-order chi connectivity index (χ0) is 13.1. The fourth-order valence-corrected chi connectivity index (χ4v) is 1.77. The van der Waals surface area contributed by atoms with Crippen LogP contribution < -0.4 is 11.1 Å². The molecule has 1 amide bonds. The van der Waals surface area contributed by atoms with E-state index in [1.165, 1.54) is 0 Å². The highest BCUT2D eigenvalue weighted by Crippen LogP contribution is 2.19. The number of nitrogens with zero attached hydrogens (tertiary/aromatic N) is 2. The molecule has 1 unspecified atom stereocenters. The zero-order valence-corrected chi connectivity index (χ0v) is 10.1. The first-order valence-electron chi connectivity index (χ1n) is 5.73. The highest BCUT2D eigenvalue weighted by Gasteiger charge is 2.12.